The summed E-state index contributed by atoms with van der Waals surface area (Å²) in [6, 6.07) is 3.60. The van der Waals surface area contributed by atoms with Crippen molar-refractivity contribution in [3.05, 3.63) is 17.7 Å². The molecule has 1 rings (SSSR count). The van der Waals surface area contributed by atoms with Gasteiger partial charge in [0.15, 0.2) is 11.5 Å². The van der Waals surface area contributed by atoms with Crippen LogP contribution in [0.25, 0.3) is 0 Å². The summed E-state index contributed by atoms with van der Waals surface area (Å²) in [4.78, 5) is 0. The fourth-order valence-corrected chi connectivity index (χ4v) is 1.56. The molecule has 4 nitrogen and oxygen atoms in total. The van der Waals surface area contributed by atoms with Crippen molar-refractivity contribution in [2.75, 3.05) is 14.2 Å². The maximum absolute atomic E-state index is 9.74. The molecule has 17 heavy (non-hydrogen) atoms. The molecule has 0 aliphatic heterocycles. The molecule has 0 spiro atoms. The van der Waals surface area contributed by atoms with Crippen LogP contribution in [-0.4, -0.2) is 25.4 Å². The van der Waals surface area contributed by atoms with Gasteiger partial charge >= 0.3 is 0 Å². The first kappa shape index (κ1) is 15.9. The van der Waals surface area contributed by atoms with Gasteiger partial charge < -0.3 is 20.3 Å². The van der Waals surface area contributed by atoms with E-state index in [1.54, 1.807) is 13.2 Å². The molecule has 0 heterocycles. The van der Waals surface area contributed by atoms with Crippen LogP contribution >= 0.6 is 12.4 Å². The lowest BCUT2D eigenvalue weighted by molar-refractivity contribution is 0.332. The van der Waals surface area contributed by atoms with E-state index in [9.17, 15) is 5.11 Å². The van der Waals surface area contributed by atoms with Crippen LogP contribution in [0.4, 0.5) is 0 Å². The van der Waals surface area contributed by atoms with Gasteiger partial charge in [-0.1, -0.05) is 6.92 Å². The van der Waals surface area contributed by atoms with Crippen LogP contribution in [0, 0.1) is 0 Å². The number of phenols is 1. The van der Waals surface area contributed by atoms with E-state index >= 15 is 0 Å². The Balaban J connectivity index is 0.00000256. The van der Waals surface area contributed by atoms with Crippen molar-refractivity contribution in [3.8, 4) is 17.2 Å². The van der Waals surface area contributed by atoms with Crippen molar-refractivity contribution in [1.29, 1.82) is 0 Å². The second-order valence-corrected chi connectivity index (χ2v) is 3.72. The van der Waals surface area contributed by atoms with E-state index in [4.69, 9.17) is 15.2 Å². The van der Waals surface area contributed by atoms with Crippen molar-refractivity contribution < 1.29 is 14.6 Å². The van der Waals surface area contributed by atoms with Gasteiger partial charge in [0.25, 0.3) is 0 Å². The van der Waals surface area contributed by atoms with E-state index in [2.05, 4.69) is 0 Å². The highest BCUT2D eigenvalue weighted by Crippen LogP contribution is 2.37. The molecule has 0 fully saturated rings. The first-order valence-electron chi connectivity index (χ1n) is 5.31. The van der Waals surface area contributed by atoms with E-state index < -0.39 is 0 Å². The van der Waals surface area contributed by atoms with Crippen molar-refractivity contribution in [3.63, 3.8) is 0 Å². The van der Waals surface area contributed by atoms with Crippen molar-refractivity contribution in [2.24, 2.45) is 5.73 Å². The van der Waals surface area contributed by atoms with Crippen molar-refractivity contribution in [1.82, 2.24) is 0 Å². The van der Waals surface area contributed by atoms with E-state index in [-0.39, 0.29) is 24.2 Å². The van der Waals surface area contributed by atoms with Crippen molar-refractivity contribution in [2.45, 2.75) is 25.8 Å². The average molecular weight is 262 g/mol. The van der Waals surface area contributed by atoms with Crippen LogP contribution in [-0.2, 0) is 6.42 Å². The Labute approximate surface area is 108 Å². The van der Waals surface area contributed by atoms with Gasteiger partial charge in [-0.05, 0) is 30.5 Å². The van der Waals surface area contributed by atoms with Gasteiger partial charge in [-0.15, -0.1) is 12.4 Å². The minimum absolute atomic E-state index is 0. The van der Waals surface area contributed by atoms with Gasteiger partial charge in [0.1, 0.15) is 0 Å². The summed E-state index contributed by atoms with van der Waals surface area (Å²) < 4.78 is 10.2. The van der Waals surface area contributed by atoms with Gasteiger partial charge in [0, 0.05) is 6.04 Å². The molecule has 0 aliphatic rings. The summed E-state index contributed by atoms with van der Waals surface area (Å²) in [5, 5.41) is 9.74. The topological polar surface area (TPSA) is 64.7 Å². The largest absolute Gasteiger partial charge is 0.504 e. The number of aromatic hydroxyl groups is 1. The number of rotatable bonds is 5. The number of ether oxygens (including phenoxy) is 2. The predicted octanol–water partition coefficient (Wildman–Crippen LogP) is 2.11. The number of halogens is 1. The maximum atomic E-state index is 9.74. The monoisotopic (exact) mass is 261 g/mol. The molecule has 0 radical (unpaired) electrons. The molecular weight excluding hydrogens is 242 g/mol. The highest BCUT2D eigenvalue weighted by Gasteiger charge is 2.12. The fraction of sp³-hybridized carbons (Fsp3) is 0.500. The van der Waals surface area contributed by atoms with Gasteiger partial charge in [-0.3, -0.25) is 0 Å². The zero-order valence-electron chi connectivity index (χ0n) is 10.4. The molecule has 1 aromatic rings. The van der Waals surface area contributed by atoms with Crippen LogP contribution in [0.5, 0.6) is 17.2 Å². The third-order valence-corrected chi connectivity index (χ3v) is 2.54. The van der Waals surface area contributed by atoms with Crippen LogP contribution in [0.2, 0.25) is 0 Å². The van der Waals surface area contributed by atoms with Gasteiger partial charge in [0.2, 0.25) is 5.75 Å². The summed E-state index contributed by atoms with van der Waals surface area (Å²) in [5.74, 6) is 0.970. The second-order valence-electron chi connectivity index (χ2n) is 3.72. The third kappa shape index (κ3) is 3.98. The standard InChI is InChI=1S/C12H19NO3.ClH/c1-4-9(13)5-8-6-10(14)12(16-3)11(7-8)15-2;/h6-7,9,14H,4-5,13H2,1-3H3;1H. The lowest BCUT2D eigenvalue weighted by atomic mass is 10.0. The van der Waals surface area contributed by atoms with E-state index in [1.165, 1.54) is 7.11 Å². The Hall–Kier alpha value is -1.13. The van der Waals surface area contributed by atoms with Crippen molar-refractivity contribution >= 4 is 12.4 Å². The molecule has 0 aliphatic carbocycles. The van der Waals surface area contributed by atoms with E-state index in [1.807, 2.05) is 13.0 Å². The number of phenolic OH excluding ortho intramolecular Hbond substituents is 1. The number of benzene rings is 1. The first-order chi connectivity index (χ1) is 7.62. The second kappa shape index (κ2) is 7.25. The molecule has 0 saturated heterocycles. The molecule has 1 unspecified atom stereocenters. The molecule has 0 bridgehead atoms. The molecule has 1 aromatic carbocycles. The molecule has 1 atom stereocenters. The number of methoxy groups -OCH3 is 2. The Morgan fingerprint density at radius 1 is 1.29 bits per heavy atom. The lowest BCUT2D eigenvalue weighted by Gasteiger charge is -2.13. The minimum atomic E-state index is 0. The van der Waals surface area contributed by atoms with E-state index in [0.717, 1.165) is 12.0 Å². The zero-order chi connectivity index (χ0) is 12.1. The molecule has 3 N–H and O–H groups in total. The number of hydrogen-bond donors (Lipinski definition) is 2. The third-order valence-electron chi connectivity index (χ3n) is 2.54. The lowest BCUT2D eigenvalue weighted by Crippen LogP contribution is -2.21. The zero-order valence-corrected chi connectivity index (χ0v) is 11.2. The minimum Gasteiger partial charge on any atom is -0.504 e. The quantitative estimate of drug-likeness (QED) is 0.852. The van der Waals surface area contributed by atoms with Crippen LogP contribution in [0.1, 0.15) is 18.9 Å². The molecule has 98 valence electrons. The Bertz CT molecular complexity index is 358. The smallest absolute Gasteiger partial charge is 0.203 e. The molecular formula is C12H20ClNO3. The molecule has 0 aromatic heterocycles. The SMILES string of the molecule is CCC(N)Cc1cc(O)c(OC)c(OC)c1.Cl. The van der Waals surface area contributed by atoms with Gasteiger partial charge in [-0.2, -0.15) is 0 Å². The molecule has 0 saturated carbocycles. The highest BCUT2D eigenvalue weighted by molar-refractivity contribution is 5.85. The Kier molecular flexibility index (Phi) is 6.76. The van der Waals surface area contributed by atoms with Crippen LogP contribution < -0.4 is 15.2 Å². The molecule has 5 heteroatoms. The fourth-order valence-electron chi connectivity index (χ4n) is 1.56. The van der Waals surface area contributed by atoms with Gasteiger partial charge in [-0.25, -0.2) is 0 Å². The molecule has 0 amide bonds. The summed E-state index contributed by atoms with van der Waals surface area (Å²) >= 11 is 0. The summed E-state index contributed by atoms with van der Waals surface area (Å²) in [7, 11) is 3.04. The van der Waals surface area contributed by atoms with E-state index in [0.29, 0.717) is 17.9 Å². The first-order valence-corrected chi connectivity index (χ1v) is 5.31. The van der Waals surface area contributed by atoms with Gasteiger partial charge in [0.05, 0.1) is 14.2 Å². The summed E-state index contributed by atoms with van der Waals surface area (Å²) in [6.45, 7) is 2.03. The normalized spacial score (nSPS) is 11.5. The Morgan fingerprint density at radius 3 is 2.41 bits per heavy atom. The predicted molar refractivity (Wildman–Crippen MR) is 70.4 cm³/mol. The number of hydrogen-bond acceptors (Lipinski definition) is 4. The summed E-state index contributed by atoms with van der Waals surface area (Å²) in [5.41, 5.74) is 6.81. The maximum Gasteiger partial charge on any atom is 0.203 e. The Morgan fingerprint density at radius 2 is 1.94 bits per heavy atom. The average Bonchev–Trinajstić information content (AvgIpc) is 2.28. The highest BCUT2D eigenvalue weighted by atomic mass is 35.5. The van der Waals surface area contributed by atoms with Crippen LogP contribution in [0.3, 0.4) is 0 Å². The van der Waals surface area contributed by atoms with Crippen LogP contribution in [0.15, 0.2) is 12.1 Å². The number of nitrogens with two attached hydrogens (primary N) is 1. The summed E-state index contributed by atoms with van der Waals surface area (Å²) in [6.07, 6.45) is 1.61.